The van der Waals surface area contributed by atoms with E-state index in [4.69, 9.17) is 9.47 Å². The minimum atomic E-state index is -0.640. The Morgan fingerprint density at radius 3 is 2.55 bits per heavy atom. The van der Waals surface area contributed by atoms with Crippen molar-refractivity contribution in [2.45, 2.75) is 25.0 Å². The number of piperazine rings is 1. The number of benzene rings is 3. The second-order valence-corrected chi connectivity index (χ2v) is 9.65. The van der Waals surface area contributed by atoms with Gasteiger partial charge in [0.15, 0.2) is 0 Å². The van der Waals surface area contributed by atoms with E-state index < -0.39 is 18.1 Å². The Kier molecular flexibility index (Phi) is 5.87. The van der Waals surface area contributed by atoms with Gasteiger partial charge in [0.2, 0.25) is 11.8 Å². The van der Waals surface area contributed by atoms with Gasteiger partial charge in [-0.05, 0) is 47.0 Å². The topological polar surface area (TPSA) is 91.9 Å². The van der Waals surface area contributed by atoms with E-state index in [0.29, 0.717) is 24.3 Å². The Balaban J connectivity index is 1.42. The first-order valence-corrected chi connectivity index (χ1v) is 12.5. The number of esters is 1. The number of ether oxygens (including phenoxy) is 2. The summed E-state index contributed by atoms with van der Waals surface area (Å²) in [5.74, 6) is 0.0710. The molecule has 3 heterocycles. The van der Waals surface area contributed by atoms with Crippen molar-refractivity contribution >= 4 is 28.7 Å². The van der Waals surface area contributed by atoms with Crippen LogP contribution in [0.5, 0.6) is 5.75 Å². The number of rotatable bonds is 5. The molecular formula is C30H27N3O5. The van der Waals surface area contributed by atoms with E-state index in [2.05, 4.69) is 4.98 Å². The third kappa shape index (κ3) is 3.89. The molecular weight excluding hydrogens is 482 g/mol. The van der Waals surface area contributed by atoms with Crippen LogP contribution in [0.15, 0.2) is 72.8 Å². The maximum Gasteiger partial charge on any atom is 0.337 e. The smallest absolute Gasteiger partial charge is 0.337 e. The number of amides is 2. The highest BCUT2D eigenvalue weighted by molar-refractivity contribution is 5.97. The van der Waals surface area contributed by atoms with Crippen LogP contribution in [0.4, 0.5) is 0 Å². The Labute approximate surface area is 219 Å². The molecule has 38 heavy (non-hydrogen) atoms. The van der Waals surface area contributed by atoms with E-state index in [0.717, 1.165) is 33.3 Å². The summed E-state index contributed by atoms with van der Waals surface area (Å²) in [6.07, 6.45) is 0.426. The van der Waals surface area contributed by atoms with E-state index in [1.54, 1.807) is 29.0 Å². The van der Waals surface area contributed by atoms with Gasteiger partial charge in [-0.15, -0.1) is 0 Å². The molecule has 3 aromatic carbocycles. The van der Waals surface area contributed by atoms with Crippen LogP contribution >= 0.6 is 0 Å². The van der Waals surface area contributed by atoms with Gasteiger partial charge in [-0.1, -0.05) is 42.5 Å². The fraction of sp³-hybridized carbons (Fsp3) is 0.233. The molecule has 192 valence electrons. The summed E-state index contributed by atoms with van der Waals surface area (Å²) >= 11 is 0. The Hall–Kier alpha value is -4.59. The predicted octanol–water partition coefficient (Wildman–Crippen LogP) is 3.85. The number of aromatic amines is 1. The van der Waals surface area contributed by atoms with Gasteiger partial charge in [-0.3, -0.25) is 9.59 Å². The van der Waals surface area contributed by atoms with Crippen LogP contribution in [0.2, 0.25) is 0 Å². The Morgan fingerprint density at radius 2 is 1.79 bits per heavy atom. The molecule has 8 nitrogen and oxygen atoms in total. The number of para-hydroxylation sites is 1. The van der Waals surface area contributed by atoms with Gasteiger partial charge in [0.1, 0.15) is 18.3 Å². The SMILES string of the molecule is COC(=O)c1ccc([C@H]2c3[nH]c4ccccc4c3C[C@H]3C(=O)N(Cc4cccc(OC)c4)CC(=O)N23)cc1. The average molecular weight is 510 g/mol. The monoisotopic (exact) mass is 509 g/mol. The van der Waals surface area contributed by atoms with E-state index in [-0.39, 0.29) is 18.4 Å². The summed E-state index contributed by atoms with van der Waals surface area (Å²) in [4.78, 5) is 46.6. The number of fused-ring (bicyclic) bond motifs is 4. The van der Waals surface area contributed by atoms with Crippen LogP contribution in [-0.2, 0) is 27.3 Å². The zero-order valence-electron chi connectivity index (χ0n) is 21.1. The first kappa shape index (κ1) is 23.8. The number of nitrogens with one attached hydrogen (secondary N) is 1. The van der Waals surface area contributed by atoms with Crippen molar-refractivity contribution in [2.24, 2.45) is 0 Å². The second kappa shape index (κ2) is 9.37. The molecule has 2 amide bonds. The molecule has 2 aliphatic rings. The van der Waals surface area contributed by atoms with E-state index >= 15 is 0 Å². The van der Waals surface area contributed by atoms with Gasteiger partial charge in [0.25, 0.3) is 0 Å². The third-order valence-electron chi connectivity index (χ3n) is 7.50. The molecule has 2 aliphatic heterocycles. The van der Waals surface area contributed by atoms with Crippen LogP contribution in [0.1, 0.15) is 38.8 Å². The van der Waals surface area contributed by atoms with Crippen molar-refractivity contribution in [1.82, 2.24) is 14.8 Å². The summed E-state index contributed by atoms with van der Waals surface area (Å²) in [7, 11) is 2.94. The highest BCUT2D eigenvalue weighted by Crippen LogP contribution is 2.42. The highest BCUT2D eigenvalue weighted by atomic mass is 16.5. The molecule has 0 spiro atoms. The maximum atomic E-state index is 13.9. The van der Waals surface area contributed by atoms with Crippen LogP contribution in [0.25, 0.3) is 10.9 Å². The second-order valence-electron chi connectivity index (χ2n) is 9.65. The van der Waals surface area contributed by atoms with E-state index in [1.807, 2.05) is 60.7 Å². The van der Waals surface area contributed by atoms with Gasteiger partial charge in [-0.2, -0.15) is 0 Å². The molecule has 0 bridgehead atoms. The molecule has 0 unspecified atom stereocenters. The molecule has 1 N–H and O–H groups in total. The average Bonchev–Trinajstić information content (AvgIpc) is 3.33. The van der Waals surface area contributed by atoms with E-state index in [1.165, 1.54) is 7.11 Å². The lowest BCUT2D eigenvalue weighted by Gasteiger charge is -2.47. The van der Waals surface area contributed by atoms with Gasteiger partial charge < -0.3 is 24.3 Å². The van der Waals surface area contributed by atoms with Crippen molar-refractivity contribution in [3.05, 3.63) is 101 Å². The standard InChI is InChI=1S/C30H27N3O5/c1-37-21-7-5-6-18(14-21)16-32-17-26(34)33-25(29(32)35)15-23-22-8-3-4-9-24(22)31-27(23)28(33)19-10-12-20(13-11-19)30(36)38-2/h3-14,25,28,31H,15-17H2,1-2H3/t25-,28-/m0/s1. The lowest BCUT2D eigenvalue weighted by molar-refractivity contribution is -0.159. The molecule has 4 aromatic rings. The van der Waals surface area contributed by atoms with Crippen LogP contribution in [0.3, 0.4) is 0 Å². The molecule has 2 atom stereocenters. The van der Waals surface area contributed by atoms with Crippen LogP contribution in [-0.4, -0.2) is 59.4 Å². The molecule has 0 aliphatic carbocycles. The summed E-state index contributed by atoms with van der Waals surface area (Å²) in [6, 6.07) is 21.4. The first-order valence-electron chi connectivity index (χ1n) is 12.5. The maximum absolute atomic E-state index is 13.9. The van der Waals surface area contributed by atoms with Gasteiger partial charge in [-0.25, -0.2) is 4.79 Å². The summed E-state index contributed by atoms with van der Waals surface area (Å²) in [6.45, 7) is 0.310. The van der Waals surface area contributed by atoms with Crippen molar-refractivity contribution in [1.29, 1.82) is 0 Å². The molecule has 8 heteroatoms. The fourth-order valence-corrected chi connectivity index (χ4v) is 5.71. The molecule has 0 saturated carbocycles. The lowest BCUT2D eigenvalue weighted by atomic mass is 9.86. The number of carbonyl (C=O) groups is 3. The fourth-order valence-electron chi connectivity index (χ4n) is 5.71. The minimum absolute atomic E-state index is 0.0150. The zero-order chi connectivity index (χ0) is 26.4. The lowest BCUT2D eigenvalue weighted by Crippen LogP contribution is -2.62. The molecule has 0 radical (unpaired) electrons. The molecule has 1 fully saturated rings. The minimum Gasteiger partial charge on any atom is -0.497 e. The normalized spacial score (nSPS) is 18.8. The number of nitrogens with zero attached hydrogens (tertiary/aromatic N) is 2. The van der Waals surface area contributed by atoms with Gasteiger partial charge in [0.05, 0.1) is 25.8 Å². The summed E-state index contributed by atoms with van der Waals surface area (Å²) in [5.41, 5.74) is 5.03. The molecule has 1 aromatic heterocycles. The van der Waals surface area contributed by atoms with Gasteiger partial charge in [0, 0.05) is 29.6 Å². The number of carbonyl (C=O) groups excluding carboxylic acids is 3. The number of hydrogen-bond acceptors (Lipinski definition) is 5. The zero-order valence-corrected chi connectivity index (χ0v) is 21.1. The van der Waals surface area contributed by atoms with E-state index in [9.17, 15) is 14.4 Å². The van der Waals surface area contributed by atoms with Crippen molar-refractivity contribution in [2.75, 3.05) is 20.8 Å². The third-order valence-corrected chi connectivity index (χ3v) is 7.50. The molecule has 6 rings (SSSR count). The van der Waals surface area contributed by atoms with Crippen LogP contribution < -0.4 is 4.74 Å². The Morgan fingerprint density at radius 1 is 1.00 bits per heavy atom. The Bertz CT molecular complexity index is 1560. The van der Waals surface area contributed by atoms with Crippen LogP contribution in [0, 0.1) is 0 Å². The van der Waals surface area contributed by atoms with Gasteiger partial charge >= 0.3 is 5.97 Å². The summed E-state index contributed by atoms with van der Waals surface area (Å²) in [5, 5.41) is 1.04. The predicted molar refractivity (Wildman–Crippen MR) is 141 cm³/mol. The largest absolute Gasteiger partial charge is 0.497 e. The van der Waals surface area contributed by atoms with Crippen molar-refractivity contribution in [3.8, 4) is 5.75 Å². The first-order chi connectivity index (χ1) is 18.5. The van der Waals surface area contributed by atoms with Crippen molar-refractivity contribution in [3.63, 3.8) is 0 Å². The number of aromatic nitrogens is 1. The highest BCUT2D eigenvalue weighted by Gasteiger charge is 2.48. The van der Waals surface area contributed by atoms with Crippen molar-refractivity contribution < 1.29 is 23.9 Å². The molecule has 1 saturated heterocycles. The number of methoxy groups -OCH3 is 2. The number of hydrogen-bond donors (Lipinski definition) is 1. The summed E-state index contributed by atoms with van der Waals surface area (Å²) < 4.78 is 10.2. The quantitative estimate of drug-likeness (QED) is 0.413. The number of H-pyrrole nitrogens is 1.